The molecule has 6 nitrogen and oxygen atoms in total. The van der Waals surface area contributed by atoms with E-state index < -0.39 is 0 Å². The van der Waals surface area contributed by atoms with Gasteiger partial charge in [0, 0.05) is 35.3 Å². The largest absolute Gasteiger partial charge is 0.368 e. The molecule has 2 aromatic carbocycles. The maximum Gasteiger partial charge on any atom is 0.251 e. The highest BCUT2D eigenvalue weighted by Crippen LogP contribution is 2.33. The van der Waals surface area contributed by atoms with Gasteiger partial charge in [0.2, 0.25) is 0 Å². The molecule has 1 amide bonds. The quantitative estimate of drug-likeness (QED) is 0.250. The van der Waals surface area contributed by atoms with E-state index in [2.05, 4.69) is 43.8 Å². The lowest BCUT2D eigenvalue weighted by Crippen LogP contribution is -2.29. The molecule has 1 saturated carbocycles. The van der Waals surface area contributed by atoms with Crippen LogP contribution in [0.15, 0.2) is 65.3 Å². The zero-order chi connectivity index (χ0) is 24.2. The van der Waals surface area contributed by atoms with E-state index in [0.29, 0.717) is 35.2 Å². The number of hydrogen-bond donors (Lipinski definition) is 2. The molecule has 0 radical (unpaired) electrons. The van der Waals surface area contributed by atoms with E-state index in [1.165, 1.54) is 37.7 Å². The highest BCUT2D eigenvalue weighted by atomic mass is 79.9. The number of carbonyl (C=O) groups excluding carboxylic acids is 1. The number of halogens is 2. The number of aromatic nitrogens is 3. The van der Waals surface area contributed by atoms with Crippen molar-refractivity contribution in [1.29, 1.82) is 0 Å². The van der Waals surface area contributed by atoms with Gasteiger partial charge in [-0.1, -0.05) is 61.2 Å². The van der Waals surface area contributed by atoms with E-state index >= 15 is 0 Å². The maximum absolute atomic E-state index is 12.6. The van der Waals surface area contributed by atoms with Gasteiger partial charge in [0.1, 0.15) is 5.82 Å². The van der Waals surface area contributed by atoms with E-state index in [1.807, 2.05) is 42.5 Å². The van der Waals surface area contributed by atoms with Crippen molar-refractivity contribution in [3.63, 3.8) is 0 Å². The van der Waals surface area contributed by atoms with Crippen molar-refractivity contribution in [2.75, 3.05) is 18.4 Å². The second kappa shape index (κ2) is 10.8. The summed E-state index contributed by atoms with van der Waals surface area (Å²) in [6, 6.07) is 17.6. The van der Waals surface area contributed by atoms with Crippen molar-refractivity contribution >= 4 is 44.9 Å². The van der Waals surface area contributed by atoms with Crippen molar-refractivity contribution in [3.8, 4) is 11.3 Å². The van der Waals surface area contributed by atoms with Crippen LogP contribution in [-0.4, -0.2) is 33.6 Å². The molecule has 1 fully saturated rings. The molecule has 1 aliphatic rings. The Kier molecular flexibility index (Phi) is 7.35. The first kappa shape index (κ1) is 23.8. The number of anilines is 1. The number of amides is 1. The first-order chi connectivity index (χ1) is 17.1. The van der Waals surface area contributed by atoms with Crippen molar-refractivity contribution in [2.45, 2.75) is 38.0 Å². The summed E-state index contributed by atoms with van der Waals surface area (Å²) in [4.78, 5) is 17.4. The Morgan fingerprint density at radius 2 is 1.83 bits per heavy atom. The summed E-state index contributed by atoms with van der Waals surface area (Å²) in [5, 5.41) is 11.4. The molecule has 0 unspecified atom stereocenters. The smallest absolute Gasteiger partial charge is 0.251 e. The molecule has 0 bridgehead atoms. The Morgan fingerprint density at radius 1 is 1.06 bits per heavy atom. The molecule has 0 atom stereocenters. The molecule has 2 N–H and O–H groups in total. The van der Waals surface area contributed by atoms with Gasteiger partial charge < -0.3 is 10.6 Å². The molecule has 180 valence electrons. The molecule has 2 aromatic heterocycles. The van der Waals surface area contributed by atoms with Gasteiger partial charge in [-0.3, -0.25) is 4.79 Å². The summed E-state index contributed by atoms with van der Waals surface area (Å²) in [6.07, 6.45) is 8.17. The summed E-state index contributed by atoms with van der Waals surface area (Å²) in [5.41, 5.74) is 4.32. The molecular formula is C27H27BrClN5O. The van der Waals surface area contributed by atoms with Crippen LogP contribution in [0.3, 0.4) is 0 Å². The first-order valence-electron chi connectivity index (χ1n) is 12.0. The van der Waals surface area contributed by atoms with Gasteiger partial charge in [0.25, 0.3) is 5.91 Å². The fraction of sp³-hybridized carbons (Fsp3) is 0.296. The fourth-order valence-corrected chi connectivity index (χ4v) is 5.26. The lowest BCUT2D eigenvalue weighted by atomic mass is 9.84. The maximum atomic E-state index is 12.6. The van der Waals surface area contributed by atoms with Crippen molar-refractivity contribution in [2.24, 2.45) is 0 Å². The monoisotopic (exact) mass is 551 g/mol. The molecule has 0 spiro atoms. The standard InChI is InChI=1S/C27H27BrClN5O/c28-22-17-32-34-25(16-24(33-26(22)34)21-8-4-5-9-23(21)29)30-14-15-31-27(35)20-12-10-19(11-13-20)18-6-2-1-3-7-18/h4-5,8-13,16-18,30H,1-3,6-7,14-15H2,(H,31,35). The summed E-state index contributed by atoms with van der Waals surface area (Å²) in [6.45, 7) is 1.00. The van der Waals surface area contributed by atoms with E-state index in [4.69, 9.17) is 16.6 Å². The molecule has 35 heavy (non-hydrogen) atoms. The van der Waals surface area contributed by atoms with Gasteiger partial charge in [-0.15, -0.1) is 0 Å². The van der Waals surface area contributed by atoms with Gasteiger partial charge in [0.15, 0.2) is 5.65 Å². The van der Waals surface area contributed by atoms with Gasteiger partial charge in [0.05, 0.1) is 16.4 Å². The van der Waals surface area contributed by atoms with Crippen LogP contribution in [0.1, 0.15) is 53.9 Å². The third-order valence-corrected chi connectivity index (χ3v) is 7.43. The molecule has 8 heteroatoms. The minimum Gasteiger partial charge on any atom is -0.368 e. The topological polar surface area (TPSA) is 71.3 Å². The predicted octanol–water partition coefficient (Wildman–Crippen LogP) is 6.70. The van der Waals surface area contributed by atoms with Crippen LogP contribution in [0.2, 0.25) is 5.02 Å². The van der Waals surface area contributed by atoms with Crippen molar-refractivity contribution in [3.05, 3.63) is 81.4 Å². The minimum absolute atomic E-state index is 0.0690. The van der Waals surface area contributed by atoms with Gasteiger partial charge in [-0.05, 0) is 58.5 Å². The summed E-state index contributed by atoms with van der Waals surface area (Å²) >= 11 is 9.93. The van der Waals surface area contributed by atoms with Crippen LogP contribution in [0.25, 0.3) is 16.9 Å². The van der Waals surface area contributed by atoms with Gasteiger partial charge >= 0.3 is 0 Å². The second-order valence-electron chi connectivity index (χ2n) is 8.87. The summed E-state index contributed by atoms with van der Waals surface area (Å²) < 4.78 is 2.52. The normalized spacial score (nSPS) is 14.2. The molecule has 4 aromatic rings. The molecule has 5 rings (SSSR count). The van der Waals surface area contributed by atoms with E-state index in [1.54, 1.807) is 10.7 Å². The molecule has 0 aliphatic heterocycles. The van der Waals surface area contributed by atoms with Crippen LogP contribution < -0.4 is 10.6 Å². The molecule has 2 heterocycles. The lowest BCUT2D eigenvalue weighted by molar-refractivity contribution is 0.0955. The van der Waals surface area contributed by atoms with Crippen LogP contribution in [-0.2, 0) is 0 Å². The number of nitrogens with zero attached hydrogens (tertiary/aromatic N) is 3. The van der Waals surface area contributed by atoms with E-state index in [9.17, 15) is 4.79 Å². The molecular weight excluding hydrogens is 526 g/mol. The Balaban J connectivity index is 1.23. The second-order valence-corrected chi connectivity index (χ2v) is 10.1. The number of nitrogens with one attached hydrogen (secondary N) is 2. The van der Waals surface area contributed by atoms with Gasteiger partial charge in [-0.25, -0.2) is 4.98 Å². The lowest BCUT2D eigenvalue weighted by Gasteiger charge is -2.22. The Bertz CT molecular complexity index is 1330. The van der Waals surface area contributed by atoms with Crippen molar-refractivity contribution in [1.82, 2.24) is 19.9 Å². The van der Waals surface area contributed by atoms with E-state index in [0.717, 1.165) is 21.5 Å². The predicted molar refractivity (Wildman–Crippen MR) is 144 cm³/mol. The van der Waals surface area contributed by atoms with Crippen LogP contribution in [0.5, 0.6) is 0 Å². The number of carbonyl (C=O) groups is 1. The van der Waals surface area contributed by atoms with Gasteiger partial charge in [-0.2, -0.15) is 9.61 Å². The van der Waals surface area contributed by atoms with Crippen LogP contribution in [0.4, 0.5) is 5.82 Å². The zero-order valence-electron chi connectivity index (χ0n) is 19.3. The SMILES string of the molecule is O=C(NCCNc1cc(-c2ccccc2Cl)nc2c(Br)cnn12)c1ccc(C2CCCCC2)cc1. The van der Waals surface area contributed by atoms with E-state index in [-0.39, 0.29) is 5.91 Å². The average Bonchev–Trinajstić information content (AvgIpc) is 3.28. The summed E-state index contributed by atoms with van der Waals surface area (Å²) in [7, 11) is 0. The first-order valence-corrected chi connectivity index (χ1v) is 13.2. The van der Waals surface area contributed by atoms with Crippen LogP contribution in [0, 0.1) is 0 Å². The third kappa shape index (κ3) is 5.36. The molecule has 0 saturated heterocycles. The number of benzene rings is 2. The average molecular weight is 553 g/mol. The Labute approximate surface area is 218 Å². The highest BCUT2D eigenvalue weighted by Gasteiger charge is 2.16. The zero-order valence-corrected chi connectivity index (χ0v) is 21.6. The summed E-state index contributed by atoms with van der Waals surface area (Å²) in [5.74, 6) is 1.34. The minimum atomic E-state index is -0.0690. The Hall–Kier alpha value is -2.90. The number of rotatable bonds is 7. The van der Waals surface area contributed by atoms with Crippen LogP contribution >= 0.6 is 27.5 Å². The highest BCUT2D eigenvalue weighted by molar-refractivity contribution is 9.10. The third-order valence-electron chi connectivity index (χ3n) is 6.54. The molecule has 1 aliphatic carbocycles. The number of fused-ring (bicyclic) bond motifs is 1. The Morgan fingerprint density at radius 3 is 2.60 bits per heavy atom. The number of hydrogen-bond acceptors (Lipinski definition) is 4. The van der Waals surface area contributed by atoms with Crippen molar-refractivity contribution < 1.29 is 4.79 Å². The fourth-order valence-electron chi connectivity index (χ4n) is 4.68.